The number of hydrogen-bond donors (Lipinski definition) is 3. The molecule has 0 saturated carbocycles. The Bertz CT molecular complexity index is 960. The molecule has 2 heterocycles. The molecule has 0 radical (unpaired) electrons. The van der Waals surface area contributed by atoms with Gasteiger partial charge in [-0.2, -0.15) is 0 Å². The number of aliphatic hydroxyl groups is 1. The number of halogens is 2. The van der Waals surface area contributed by atoms with Crippen LogP contribution in [-0.4, -0.2) is 46.5 Å². The number of aromatic nitrogens is 1. The van der Waals surface area contributed by atoms with Gasteiger partial charge < -0.3 is 21.5 Å². The van der Waals surface area contributed by atoms with Gasteiger partial charge in [-0.15, -0.1) is 6.42 Å². The lowest BCUT2D eigenvalue weighted by molar-refractivity contribution is -0.133. The van der Waals surface area contributed by atoms with Crippen molar-refractivity contribution in [3.8, 4) is 23.6 Å². The van der Waals surface area contributed by atoms with Crippen LogP contribution >= 0.6 is 0 Å². The number of nitrogen functional groups attached to an aromatic ring is 1. The van der Waals surface area contributed by atoms with E-state index in [2.05, 4.69) is 10.9 Å². The molecule has 9 heteroatoms. The van der Waals surface area contributed by atoms with E-state index in [1.807, 2.05) is 0 Å². The molecule has 7 nitrogen and oxygen atoms in total. The van der Waals surface area contributed by atoms with E-state index in [-0.39, 0.29) is 34.1 Å². The molecule has 0 unspecified atom stereocenters. The van der Waals surface area contributed by atoms with Crippen LogP contribution in [0.4, 0.5) is 14.5 Å². The van der Waals surface area contributed by atoms with E-state index < -0.39 is 23.6 Å². The van der Waals surface area contributed by atoms with Crippen molar-refractivity contribution in [2.45, 2.75) is 12.5 Å². The fourth-order valence-corrected chi connectivity index (χ4v) is 2.49. The number of terminal acetylenes is 1. The zero-order valence-electron chi connectivity index (χ0n) is 14.9. The van der Waals surface area contributed by atoms with E-state index in [4.69, 9.17) is 23.0 Å². The number of nitrogens with zero attached hydrogens (tertiary/aromatic N) is 2. The summed E-state index contributed by atoms with van der Waals surface area (Å²) in [6.07, 6.45) is 5.01. The van der Waals surface area contributed by atoms with Crippen LogP contribution in [0.5, 0.6) is 0 Å². The van der Waals surface area contributed by atoms with Crippen molar-refractivity contribution in [1.29, 1.82) is 0 Å². The number of aliphatic hydroxyl groups excluding tert-OH is 1. The van der Waals surface area contributed by atoms with E-state index in [9.17, 15) is 18.4 Å². The van der Waals surface area contributed by atoms with E-state index >= 15 is 0 Å². The SMILES string of the molecule is C#Cc1cc(-c2nc(C(N)=O)c(N)cc2F)ccc1F.CN1CC[C@H](O)C1=O. The lowest BCUT2D eigenvalue weighted by Crippen LogP contribution is -2.24. The van der Waals surface area contributed by atoms with Gasteiger partial charge in [0.1, 0.15) is 17.6 Å². The van der Waals surface area contributed by atoms with Crippen molar-refractivity contribution >= 4 is 17.5 Å². The summed E-state index contributed by atoms with van der Waals surface area (Å²) in [6.45, 7) is 0.694. The Morgan fingerprint density at radius 1 is 1.36 bits per heavy atom. The molecule has 3 rings (SSSR count). The van der Waals surface area contributed by atoms with Crippen LogP contribution in [0.2, 0.25) is 0 Å². The first-order chi connectivity index (χ1) is 13.1. The first-order valence-corrected chi connectivity index (χ1v) is 8.11. The normalized spacial score (nSPS) is 15.6. The van der Waals surface area contributed by atoms with Gasteiger partial charge in [-0.3, -0.25) is 9.59 Å². The van der Waals surface area contributed by atoms with Crippen LogP contribution < -0.4 is 11.5 Å². The van der Waals surface area contributed by atoms with Crippen molar-refractivity contribution in [2.24, 2.45) is 5.73 Å². The second-order valence-electron chi connectivity index (χ2n) is 6.02. The average molecular weight is 388 g/mol. The predicted octanol–water partition coefficient (Wildman–Crippen LogP) is 0.899. The fraction of sp³-hybridized carbons (Fsp3) is 0.211. The lowest BCUT2D eigenvalue weighted by atomic mass is 10.1. The van der Waals surface area contributed by atoms with Gasteiger partial charge in [0.05, 0.1) is 11.3 Å². The third-order valence-corrected chi connectivity index (χ3v) is 4.03. The van der Waals surface area contributed by atoms with Crippen molar-refractivity contribution in [3.63, 3.8) is 0 Å². The maximum Gasteiger partial charge on any atom is 0.269 e. The summed E-state index contributed by atoms with van der Waals surface area (Å²) in [4.78, 5) is 27.1. The Morgan fingerprint density at radius 3 is 2.50 bits per heavy atom. The van der Waals surface area contributed by atoms with E-state index in [0.29, 0.717) is 13.0 Å². The minimum atomic E-state index is -0.886. The summed E-state index contributed by atoms with van der Waals surface area (Å²) in [5, 5.41) is 8.78. The number of hydrogen-bond acceptors (Lipinski definition) is 5. The number of primary amides is 1. The topological polar surface area (TPSA) is 123 Å². The molecule has 1 aromatic heterocycles. The second kappa shape index (κ2) is 8.45. The zero-order valence-corrected chi connectivity index (χ0v) is 14.9. The standard InChI is InChI=1S/C14H9F2N3O.C5H9NO2/c1-2-7-5-8(3-4-9(7)15)12-10(16)6-11(17)13(19-12)14(18)20;1-6-3-2-4(7)5(6)8/h1,3-6H,17H2,(H2,18,20);4,7H,2-3H2,1H3/t;4-/m.0/s1. The predicted molar refractivity (Wildman–Crippen MR) is 98.7 cm³/mol. The summed E-state index contributed by atoms with van der Waals surface area (Å²) in [7, 11) is 1.69. The molecule has 1 aliphatic heterocycles. The van der Waals surface area contributed by atoms with Gasteiger partial charge in [0.2, 0.25) is 0 Å². The summed E-state index contributed by atoms with van der Waals surface area (Å²) >= 11 is 0. The molecule has 28 heavy (non-hydrogen) atoms. The van der Waals surface area contributed by atoms with Gasteiger partial charge in [0.15, 0.2) is 11.5 Å². The highest BCUT2D eigenvalue weighted by atomic mass is 19.1. The quantitative estimate of drug-likeness (QED) is 0.660. The number of nitrogens with two attached hydrogens (primary N) is 2. The fourth-order valence-electron chi connectivity index (χ4n) is 2.49. The van der Waals surface area contributed by atoms with Crippen molar-refractivity contribution < 1.29 is 23.5 Å². The maximum absolute atomic E-state index is 13.9. The Morgan fingerprint density at radius 2 is 2.04 bits per heavy atom. The Labute approximate surface area is 160 Å². The molecule has 1 atom stereocenters. The smallest absolute Gasteiger partial charge is 0.269 e. The summed E-state index contributed by atoms with van der Waals surface area (Å²) in [5.41, 5.74) is 10.1. The summed E-state index contributed by atoms with van der Waals surface area (Å²) in [6, 6.07) is 4.57. The molecule has 0 spiro atoms. The molecule has 1 aromatic carbocycles. The van der Waals surface area contributed by atoms with Gasteiger partial charge in [0.25, 0.3) is 11.8 Å². The number of anilines is 1. The monoisotopic (exact) mass is 388 g/mol. The molecular weight excluding hydrogens is 370 g/mol. The highest BCUT2D eigenvalue weighted by molar-refractivity contribution is 5.96. The molecule has 0 aliphatic carbocycles. The third kappa shape index (κ3) is 4.42. The molecule has 1 aliphatic rings. The molecule has 2 aromatic rings. The molecular formula is C19H18F2N4O3. The largest absolute Gasteiger partial charge is 0.397 e. The number of benzene rings is 1. The minimum Gasteiger partial charge on any atom is -0.397 e. The van der Waals surface area contributed by atoms with Gasteiger partial charge in [-0.25, -0.2) is 13.8 Å². The van der Waals surface area contributed by atoms with Gasteiger partial charge in [-0.05, 0) is 24.6 Å². The van der Waals surface area contributed by atoms with Crippen LogP contribution in [-0.2, 0) is 4.79 Å². The van der Waals surface area contributed by atoms with Gasteiger partial charge in [0, 0.05) is 25.2 Å². The molecule has 146 valence electrons. The van der Waals surface area contributed by atoms with Crippen LogP contribution in [0.3, 0.4) is 0 Å². The number of carbonyl (C=O) groups excluding carboxylic acids is 2. The van der Waals surface area contributed by atoms with E-state index in [0.717, 1.165) is 12.1 Å². The Balaban J connectivity index is 0.000000292. The highest BCUT2D eigenvalue weighted by Crippen LogP contribution is 2.25. The minimum absolute atomic E-state index is 0.0406. The molecule has 1 saturated heterocycles. The van der Waals surface area contributed by atoms with Gasteiger partial charge >= 0.3 is 0 Å². The average Bonchev–Trinajstić information content (AvgIpc) is 2.94. The highest BCUT2D eigenvalue weighted by Gasteiger charge is 2.26. The zero-order chi connectivity index (χ0) is 21.0. The van der Waals surface area contributed by atoms with Crippen LogP contribution in [0, 0.1) is 24.0 Å². The van der Waals surface area contributed by atoms with Crippen LogP contribution in [0.25, 0.3) is 11.3 Å². The number of rotatable bonds is 2. The molecule has 1 fully saturated rings. The Hall–Kier alpha value is -3.51. The van der Waals surface area contributed by atoms with Crippen molar-refractivity contribution in [2.75, 3.05) is 19.3 Å². The molecule has 5 N–H and O–H groups in total. The number of pyridine rings is 1. The van der Waals surface area contributed by atoms with E-state index in [1.165, 1.54) is 17.0 Å². The summed E-state index contributed by atoms with van der Waals surface area (Å²) < 4.78 is 27.2. The van der Waals surface area contributed by atoms with Crippen LogP contribution in [0.1, 0.15) is 22.5 Å². The molecule has 2 amide bonds. The van der Waals surface area contributed by atoms with Crippen molar-refractivity contribution in [1.82, 2.24) is 9.88 Å². The maximum atomic E-state index is 13.9. The van der Waals surface area contributed by atoms with Gasteiger partial charge in [-0.1, -0.05) is 5.92 Å². The number of likely N-dealkylation sites (tertiary alicyclic amines) is 1. The number of amides is 2. The van der Waals surface area contributed by atoms with Crippen LogP contribution in [0.15, 0.2) is 24.3 Å². The summed E-state index contributed by atoms with van der Waals surface area (Å²) in [5.74, 6) is -0.273. The van der Waals surface area contributed by atoms with E-state index in [1.54, 1.807) is 7.05 Å². The first kappa shape index (κ1) is 20.8. The third-order valence-electron chi connectivity index (χ3n) is 4.03. The molecule has 0 bridgehead atoms. The first-order valence-electron chi connectivity index (χ1n) is 8.11. The van der Waals surface area contributed by atoms with Crippen molar-refractivity contribution in [3.05, 3.63) is 47.2 Å². The lowest BCUT2D eigenvalue weighted by Gasteiger charge is -2.08. The Kier molecular flexibility index (Phi) is 6.28. The number of carbonyl (C=O) groups is 2. The second-order valence-corrected chi connectivity index (χ2v) is 6.02. The number of likely N-dealkylation sites (N-methyl/N-ethyl adjacent to an activating group) is 1.